The molecule has 1 aromatic carbocycles. The minimum atomic E-state index is -3.42. The third kappa shape index (κ3) is 5.43. The first-order chi connectivity index (χ1) is 8.29. The molecule has 1 atom stereocenters. The molecule has 18 heavy (non-hydrogen) atoms. The molecule has 0 aromatic heterocycles. The molecule has 1 unspecified atom stereocenters. The van der Waals surface area contributed by atoms with Crippen LogP contribution in [-0.2, 0) is 10.0 Å². The Balaban J connectivity index is 2.48. The van der Waals surface area contributed by atoms with Crippen LogP contribution in [0.1, 0.15) is 24.9 Å². The van der Waals surface area contributed by atoms with Crippen LogP contribution in [0.15, 0.2) is 22.7 Å². The van der Waals surface area contributed by atoms with Gasteiger partial charge in [0.2, 0.25) is 10.0 Å². The van der Waals surface area contributed by atoms with Gasteiger partial charge in [-0.05, 0) is 32.0 Å². The fourth-order valence-electron chi connectivity index (χ4n) is 1.55. The van der Waals surface area contributed by atoms with Crippen molar-refractivity contribution in [3.8, 4) is 0 Å². The van der Waals surface area contributed by atoms with E-state index in [1.54, 1.807) is 12.1 Å². The highest BCUT2D eigenvalue weighted by atomic mass is 79.9. The predicted molar refractivity (Wildman–Crippen MR) is 73.1 cm³/mol. The highest BCUT2D eigenvalue weighted by Gasteiger charge is 2.11. The van der Waals surface area contributed by atoms with Gasteiger partial charge in [-0.25, -0.2) is 17.9 Å². The second-order valence-electron chi connectivity index (χ2n) is 4.06. The summed E-state index contributed by atoms with van der Waals surface area (Å²) in [5, 5.41) is 7.94. The third-order valence-corrected chi connectivity index (χ3v) is 3.84. The van der Waals surface area contributed by atoms with Crippen LogP contribution in [0.2, 0.25) is 0 Å². The zero-order chi connectivity index (χ0) is 13.8. The summed E-state index contributed by atoms with van der Waals surface area (Å²) in [6.45, 7) is 2.29. The molecule has 1 rings (SSSR count). The second kappa shape index (κ2) is 6.60. The average Bonchev–Trinajstić information content (AvgIpc) is 2.22. The number of halogens is 2. The highest BCUT2D eigenvalue weighted by molar-refractivity contribution is 9.10. The van der Waals surface area contributed by atoms with Crippen molar-refractivity contribution in [2.45, 2.75) is 19.4 Å². The molecule has 0 fully saturated rings. The van der Waals surface area contributed by atoms with E-state index in [0.717, 1.165) is 0 Å². The predicted octanol–water partition coefficient (Wildman–Crippen LogP) is 1.92. The summed E-state index contributed by atoms with van der Waals surface area (Å²) in [7, 11) is -3.42. The van der Waals surface area contributed by atoms with E-state index in [9.17, 15) is 12.8 Å². The van der Waals surface area contributed by atoms with Gasteiger partial charge < -0.3 is 5.32 Å². The van der Waals surface area contributed by atoms with Gasteiger partial charge in [0.15, 0.2) is 0 Å². The van der Waals surface area contributed by atoms with E-state index in [4.69, 9.17) is 5.14 Å². The van der Waals surface area contributed by atoms with Crippen LogP contribution < -0.4 is 10.5 Å². The summed E-state index contributed by atoms with van der Waals surface area (Å²) in [6, 6.07) is 4.67. The SMILES string of the molecule is CC(NCCCS(N)(=O)=O)c1ccc(Br)cc1F. The molecule has 7 heteroatoms. The lowest BCUT2D eigenvalue weighted by atomic mass is 10.1. The van der Waals surface area contributed by atoms with E-state index < -0.39 is 10.0 Å². The number of sulfonamides is 1. The molecular formula is C11H16BrFN2O2S. The van der Waals surface area contributed by atoms with Gasteiger partial charge in [-0.2, -0.15) is 0 Å². The maximum absolute atomic E-state index is 13.6. The number of rotatable bonds is 6. The van der Waals surface area contributed by atoms with Crippen molar-refractivity contribution in [1.82, 2.24) is 5.32 Å². The van der Waals surface area contributed by atoms with Gasteiger partial charge in [0, 0.05) is 16.1 Å². The van der Waals surface area contributed by atoms with Crippen LogP contribution >= 0.6 is 15.9 Å². The van der Waals surface area contributed by atoms with E-state index in [0.29, 0.717) is 23.0 Å². The molecule has 102 valence electrons. The number of hydrogen-bond acceptors (Lipinski definition) is 3. The Morgan fingerprint density at radius 1 is 1.50 bits per heavy atom. The largest absolute Gasteiger partial charge is 0.310 e. The first kappa shape index (κ1) is 15.6. The summed E-state index contributed by atoms with van der Waals surface area (Å²) in [5.41, 5.74) is 0.550. The van der Waals surface area contributed by atoms with E-state index in [1.807, 2.05) is 6.92 Å². The monoisotopic (exact) mass is 338 g/mol. The second-order valence-corrected chi connectivity index (χ2v) is 6.71. The van der Waals surface area contributed by atoms with Crippen molar-refractivity contribution in [3.63, 3.8) is 0 Å². The number of nitrogens with one attached hydrogen (secondary N) is 1. The van der Waals surface area contributed by atoms with Crippen molar-refractivity contribution in [2.24, 2.45) is 5.14 Å². The van der Waals surface area contributed by atoms with E-state index in [1.165, 1.54) is 6.07 Å². The van der Waals surface area contributed by atoms with Crippen LogP contribution in [0.25, 0.3) is 0 Å². The smallest absolute Gasteiger partial charge is 0.209 e. The molecule has 0 bridgehead atoms. The van der Waals surface area contributed by atoms with Gasteiger partial charge in [0.1, 0.15) is 5.82 Å². The molecular weight excluding hydrogens is 323 g/mol. The molecule has 3 N–H and O–H groups in total. The standard InChI is InChI=1S/C11H16BrFN2O2S/c1-8(15-5-2-6-18(14,16)17)10-4-3-9(12)7-11(10)13/h3-4,7-8,15H,2,5-6H2,1H3,(H2,14,16,17). The van der Waals surface area contributed by atoms with Crippen molar-refractivity contribution in [3.05, 3.63) is 34.1 Å². The van der Waals surface area contributed by atoms with E-state index >= 15 is 0 Å². The van der Waals surface area contributed by atoms with Crippen LogP contribution in [0.5, 0.6) is 0 Å². The fraction of sp³-hybridized carbons (Fsp3) is 0.455. The Bertz CT molecular complexity index is 508. The van der Waals surface area contributed by atoms with Gasteiger partial charge in [0.05, 0.1) is 5.75 Å². The van der Waals surface area contributed by atoms with Crippen molar-refractivity contribution < 1.29 is 12.8 Å². The topological polar surface area (TPSA) is 72.2 Å². The Hall–Kier alpha value is -0.500. The van der Waals surface area contributed by atoms with Crippen molar-refractivity contribution in [2.75, 3.05) is 12.3 Å². The van der Waals surface area contributed by atoms with Gasteiger partial charge >= 0.3 is 0 Å². The Morgan fingerprint density at radius 3 is 2.72 bits per heavy atom. The number of hydrogen-bond donors (Lipinski definition) is 2. The molecule has 0 heterocycles. The Labute approximate surface area is 115 Å². The Kier molecular flexibility index (Phi) is 5.71. The first-order valence-corrected chi connectivity index (χ1v) is 7.99. The quantitative estimate of drug-likeness (QED) is 0.778. The minimum Gasteiger partial charge on any atom is -0.310 e. The number of nitrogens with two attached hydrogens (primary N) is 1. The summed E-state index contributed by atoms with van der Waals surface area (Å²) in [5.74, 6) is -0.369. The third-order valence-electron chi connectivity index (χ3n) is 2.49. The lowest BCUT2D eigenvalue weighted by molar-refractivity contribution is 0.525. The van der Waals surface area contributed by atoms with Gasteiger partial charge in [-0.1, -0.05) is 22.0 Å². The molecule has 0 aliphatic carbocycles. The molecule has 0 aliphatic heterocycles. The summed E-state index contributed by atoms with van der Waals surface area (Å²) >= 11 is 3.19. The summed E-state index contributed by atoms with van der Waals surface area (Å²) in [4.78, 5) is 0. The Morgan fingerprint density at radius 2 is 2.17 bits per heavy atom. The maximum Gasteiger partial charge on any atom is 0.209 e. The zero-order valence-corrected chi connectivity index (χ0v) is 12.4. The zero-order valence-electron chi connectivity index (χ0n) is 9.99. The number of primary sulfonamides is 1. The minimum absolute atomic E-state index is 0.0739. The summed E-state index contributed by atoms with van der Waals surface area (Å²) in [6.07, 6.45) is 0.404. The molecule has 4 nitrogen and oxygen atoms in total. The molecule has 1 aromatic rings. The first-order valence-electron chi connectivity index (χ1n) is 5.48. The highest BCUT2D eigenvalue weighted by Crippen LogP contribution is 2.20. The van der Waals surface area contributed by atoms with Gasteiger partial charge in [-0.3, -0.25) is 0 Å². The molecule has 0 amide bonds. The van der Waals surface area contributed by atoms with Gasteiger partial charge in [0.25, 0.3) is 0 Å². The van der Waals surface area contributed by atoms with Gasteiger partial charge in [-0.15, -0.1) is 0 Å². The van der Waals surface area contributed by atoms with Crippen molar-refractivity contribution in [1.29, 1.82) is 0 Å². The molecule has 0 spiro atoms. The number of benzene rings is 1. The summed E-state index contributed by atoms with van der Waals surface area (Å²) < 4.78 is 35.7. The molecule has 0 radical (unpaired) electrons. The lowest BCUT2D eigenvalue weighted by Gasteiger charge is -2.15. The molecule has 0 aliphatic rings. The van der Waals surface area contributed by atoms with Crippen LogP contribution in [-0.4, -0.2) is 20.7 Å². The van der Waals surface area contributed by atoms with E-state index in [2.05, 4.69) is 21.2 Å². The van der Waals surface area contributed by atoms with Crippen LogP contribution in [0.4, 0.5) is 4.39 Å². The molecule has 0 saturated heterocycles. The molecule has 0 saturated carbocycles. The van der Waals surface area contributed by atoms with E-state index in [-0.39, 0.29) is 17.6 Å². The lowest BCUT2D eigenvalue weighted by Crippen LogP contribution is -2.24. The maximum atomic E-state index is 13.6. The normalized spacial score (nSPS) is 13.6. The average molecular weight is 339 g/mol. The fourth-order valence-corrected chi connectivity index (χ4v) is 2.43. The van der Waals surface area contributed by atoms with Crippen LogP contribution in [0, 0.1) is 5.82 Å². The van der Waals surface area contributed by atoms with Crippen molar-refractivity contribution >= 4 is 26.0 Å². The van der Waals surface area contributed by atoms with Crippen LogP contribution in [0.3, 0.4) is 0 Å².